The molecule has 1 unspecified atom stereocenters. The maximum atomic E-state index is 13.3. The lowest BCUT2D eigenvalue weighted by Gasteiger charge is -2.23. The molecule has 1 fully saturated rings. The van der Waals surface area contributed by atoms with Crippen molar-refractivity contribution in [2.45, 2.75) is 25.3 Å². The molecule has 1 saturated heterocycles. The number of ether oxygens (including phenoxy) is 1. The van der Waals surface area contributed by atoms with Gasteiger partial charge in [0.1, 0.15) is 29.8 Å². The molecule has 1 aliphatic heterocycles. The van der Waals surface area contributed by atoms with Gasteiger partial charge in [-0.2, -0.15) is 5.26 Å². The second-order valence-corrected chi connectivity index (χ2v) is 4.18. The van der Waals surface area contributed by atoms with E-state index in [0.717, 1.165) is 13.0 Å². The van der Waals surface area contributed by atoms with Gasteiger partial charge in [-0.25, -0.2) is 4.39 Å². The Kier molecular flexibility index (Phi) is 3.94. The summed E-state index contributed by atoms with van der Waals surface area (Å²) < 4.78 is 18.8. The molecule has 0 radical (unpaired) electrons. The molecule has 1 heterocycles. The van der Waals surface area contributed by atoms with Crippen LogP contribution in [0, 0.1) is 17.1 Å². The second-order valence-electron chi connectivity index (χ2n) is 4.18. The molecular formula is C13H15FN2O. The van der Waals surface area contributed by atoms with E-state index < -0.39 is 5.82 Å². The highest BCUT2D eigenvalue weighted by Gasteiger charge is 2.15. The van der Waals surface area contributed by atoms with Crippen molar-refractivity contribution in [3.63, 3.8) is 0 Å². The third-order valence-corrected chi connectivity index (χ3v) is 2.94. The summed E-state index contributed by atoms with van der Waals surface area (Å²) in [6.45, 7) is 1.49. The molecule has 0 spiro atoms. The normalized spacial score (nSPS) is 19.6. The van der Waals surface area contributed by atoms with Crippen LogP contribution in [-0.4, -0.2) is 19.2 Å². The van der Waals surface area contributed by atoms with Crippen molar-refractivity contribution in [2.24, 2.45) is 0 Å². The van der Waals surface area contributed by atoms with Crippen molar-refractivity contribution < 1.29 is 9.13 Å². The smallest absolute Gasteiger partial charge is 0.144 e. The van der Waals surface area contributed by atoms with E-state index in [1.165, 1.54) is 18.9 Å². The van der Waals surface area contributed by atoms with Gasteiger partial charge in [-0.05, 0) is 31.5 Å². The van der Waals surface area contributed by atoms with E-state index in [0.29, 0.717) is 18.4 Å². The number of halogens is 1. The minimum absolute atomic E-state index is 0.0108. The quantitative estimate of drug-likeness (QED) is 0.872. The summed E-state index contributed by atoms with van der Waals surface area (Å²) in [4.78, 5) is 0. The van der Waals surface area contributed by atoms with Gasteiger partial charge in [0.25, 0.3) is 0 Å². The van der Waals surface area contributed by atoms with Crippen molar-refractivity contribution >= 4 is 0 Å². The van der Waals surface area contributed by atoms with Crippen LogP contribution in [0.25, 0.3) is 0 Å². The molecule has 0 aromatic heterocycles. The lowest BCUT2D eigenvalue weighted by atomic mass is 10.1. The zero-order valence-corrected chi connectivity index (χ0v) is 9.58. The molecule has 1 N–H and O–H groups in total. The average Bonchev–Trinajstić information content (AvgIpc) is 2.37. The molecule has 1 aromatic rings. The van der Waals surface area contributed by atoms with Crippen molar-refractivity contribution in [1.29, 1.82) is 5.26 Å². The maximum Gasteiger partial charge on any atom is 0.144 e. The Morgan fingerprint density at radius 2 is 2.35 bits per heavy atom. The number of rotatable bonds is 3. The maximum absolute atomic E-state index is 13.3. The second kappa shape index (κ2) is 5.65. The molecule has 0 aliphatic carbocycles. The summed E-state index contributed by atoms with van der Waals surface area (Å²) >= 11 is 0. The predicted octanol–water partition coefficient (Wildman–Crippen LogP) is 2.22. The number of nitrogens with one attached hydrogen (secondary N) is 1. The summed E-state index contributed by atoms with van der Waals surface area (Å²) in [7, 11) is 0. The third kappa shape index (κ3) is 2.95. The van der Waals surface area contributed by atoms with Crippen LogP contribution in [0.4, 0.5) is 4.39 Å². The van der Waals surface area contributed by atoms with Crippen LogP contribution in [0.3, 0.4) is 0 Å². The van der Waals surface area contributed by atoms with E-state index in [1.54, 1.807) is 12.1 Å². The van der Waals surface area contributed by atoms with Crippen LogP contribution < -0.4 is 10.1 Å². The molecule has 4 heteroatoms. The highest BCUT2D eigenvalue weighted by atomic mass is 19.1. The van der Waals surface area contributed by atoms with Gasteiger partial charge in [-0.3, -0.25) is 0 Å². The molecule has 3 nitrogen and oxygen atoms in total. The largest absolute Gasteiger partial charge is 0.490 e. The molecule has 1 atom stereocenters. The van der Waals surface area contributed by atoms with Crippen LogP contribution in [0.2, 0.25) is 0 Å². The van der Waals surface area contributed by atoms with Gasteiger partial charge in [-0.1, -0.05) is 12.5 Å². The monoisotopic (exact) mass is 234 g/mol. The lowest BCUT2D eigenvalue weighted by Crippen LogP contribution is -2.38. The SMILES string of the molecule is N#Cc1c(F)cccc1OCC1CCCCN1. The molecule has 17 heavy (non-hydrogen) atoms. The van der Waals surface area contributed by atoms with Gasteiger partial charge in [0, 0.05) is 6.04 Å². The predicted molar refractivity (Wildman–Crippen MR) is 62.3 cm³/mol. The Bertz CT molecular complexity index is 422. The van der Waals surface area contributed by atoms with Crippen LogP contribution >= 0.6 is 0 Å². The molecule has 0 saturated carbocycles. The Morgan fingerprint density at radius 3 is 3.06 bits per heavy atom. The topological polar surface area (TPSA) is 45.0 Å². The van der Waals surface area contributed by atoms with Gasteiger partial charge >= 0.3 is 0 Å². The van der Waals surface area contributed by atoms with Gasteiger partial charge in [-0.15, -0.1) is 0 Å². The average molecular weight is 234 g/mol. The fourth-order valence-electron chi connectivity index (χ4n) is 1.99. The number of piperidine rings is 1. The highest BCUT2D eigenvalue weighted by Crippen LogP contribution is 2.21. The highest BCUT2D eigenvalue weighted by molar-refractivity contribution is 5.43. The van der Waals surface area contributed by atoms with Gasteiger partial charge in [0.15, 0.2) is 0 Å². The van der Waals surface area contributed by atoms with Crippen LogP contribution in [0.5, 0.6) is 5.75 Å². The van der Waals surface area contributed by atoms with E-state index in [2.05, 4.69) is 5.32 Å². The van der Waals surface area contributed by atoms with E-state index >= 15 is 0 Å². The summed E-state index contributed by atoms with van der Waals surface area (Å²) in [5.74, 6) is -0.193. The summed E-state index contributed by atoms with van der Waals surface area (Å²) in [5.41, 5.74) is -0.0108. The van der Waals surface area contributed by atoms with E-state index in [1.807, 2.05) is 6.07 Å². The number of hydrogen-bond donors (Lipinski definition) is 1. The first-order valence-corrected chi connectivity index (χ1v) is 5.86. The lowest BCUT2D eigenvalue weighted by molar-refractivity contribution is 0.238. The fraction of sp³-hybridized carbons (Fsp3) is 0.462. The molecular weight excluding hydrogens is 219 g/mol. The van der Waals surface area contributed by atoms with Crippen molar-refractivity contribution in [2.75, 3.05) is 13.2 Å². The molecule has 90 valence electrons. The van der Waals surface area contributed by atoms with Gasteiger partial charge in [0.05, 0.1) is 0 Å². The first-order chi connectivity index (χ1) is 8.31. The Labute approximate surface area is 100 Å². The molecule has 0 bridgehead atoms. The van der Waals surface area contributed by atoms with Crippen molar-refractivity contribution in [1.82, 2.24) is 5.32 Å². The van der Waals surface area contributed by atoms with Crippen LogP contribution in [-0.2, 0) is 0 Å². The van der Waals surface area contributed by atoms with Gasteiger partial charge < -0.3 is 10.1 Å². The van der Waals surface area contributed by atoms with Crippen molar-refractivity contribution in [3.05, 3.63) is 29.6 Å². The summed E-state index contributed by atoms with van der Waals surface area (Å²) in [6, 6.07) is 6.59. The Morgan fingerprint density at radius 1 is 1.47 bits per heavy atom. The summed E-state index contributed by atoms with van der Waals surface area (Å²) in [6.07, 6.45) is 3.45. The summed E-state index contributed by atoms with van der Waals surface area (Å²) in [5, 5.41) is 12.2. The third-order valence-electron chi connectivity index (χ3n) is 2.94. The molecule has 1 aliphatic rings. The first-order valence-electron chi connectivity index (χ1n) is 5.86. The fourth-order valence-corrected chi connectivity index (χ4v) is 1.99. The minimum atomic E-state index is -0.526. The zero-order chi connectivity index (χ0) is 12.1. The van der Waals surface area contributed by atoms with Gasteiger partial charge in [0.2, 0.25) is 0 Å². The zero-order valence-electron chi connectivity index (χ0n) is 9.58. The van der Waals surface area contributed by atoms with E-state index in [9.17, 15) is 4.39 Å². The minimum Gasteiger partial charge on any atom is -0.490 e. The number of hydrogen-bond acceptors (Lipinski definition) is 3. The number of nitrogens with zero attached hydrogens (tertiary/aromatic N) is 1. The number of benzene rings is 1. The van der Waals surface area contributed by atoms with Crippen LogP contribution in [0.1, 0.15) is 24.8 Å². The molecule has 0 amide bonds. The Hall–Kier alpha value is -1.60. The number of nitriles is 1. The van der Waals surface area contributed by atoms with Crippen LogP contribution in [0.15, 0.2) is 18.2 Å². The molecule has 2 rings (SSSR count). The van der Waals surface area contributed by atoms with Crippen molar-refractivity contribution in [3.8, 4) is 11.8 Å². The standard InChI is InChI=1S/C13H15FN2O/c14-12-5-3-6-13(11(12)8-15)17-9-10-4-1-2-7-16-10/h3,5-6,10,16H,1-2,4,7,9H2. The Balaban J connectivity index is 1.99. The first kappa shape index (κ1) is 11.9. The molecule has 1 aromatic carbocycles. The van der Waals surface area contributed by atoms with E-state index in [4.69, 9.17) is 10.00 Å². The van der Waals surface area contributed by atoms with E-state index in [-0.39, 0.29) is 5.56 Å².